The minimum absolute atomic E-state index is 0.196. The van der Waals surface area contributed by atoms with Crippen LogP contribution in [-0.2, 0) is 0 Å². The van der Waals surface area contributed by atoms with Crippen LogP contribution in [0.25, 0.3) is 0 Å². The second kappa shape index (κ2) is 7.08. The Balaban J connectivity index is 2.81. The molecule has 0 saturated heterocycles. The molecular weight excluding hydrogens is 234 g/mol. The summed E-state index contributed by atoms with van der Waals surface area (Å²) in [5.41, 5.74) is 0.556. The van der Waals surface area contributed by atoms with Crippen molar-refractivity contribution in [1.82, 2.24) is 0 Å². The maximum absolute atomic E-state index is 13.0. The Morgan fingerprint density at radius 1 is 1.38 bits per heavy atom. The number of benzene rings is 1. The van der Waals surface area contributed by atoms with Crippen molar-refractivity contribution in [2.24, 2.45) is 0 Å². The van der Waals surface area contributed by atoms with Crippen molar-refractivity contribution < 1.29 is 13.5 Å². The summed E-state index contributed by atoms with van der Waals surface area (Å²) in [7, 11) is 0. The van der Waals surface area contributed by atoms with E-state index in [1.54, 1.807) is 0 Å². The highest BCUT2D eigenvalue weighted by molar-refractivity contribution is 6.19. The van der Waals surface area contributed by atoms with Crippen molar-refractivity contribution in [1.29, 1.82) is 0 Å². The van der Waals surface area contributed by atoms with E-state index in [-0.39, 0.29) is 18.9 Å². The van der Waals surface area contributed by atoms with Gasteiger partial charge in [0.05, 0.1) is 24.7 Å². The standard InChI is InChI=1S/C12H11ClF2O/c13-6-1-3-10-4-5-11(15)9-12(10)16-8-2-7-14/h4-5,9H,2,6-8H2. The van der Waals surface area contributed by atoms with Crippen LogP contribution in [0.4, 0.5) is 8.78 Å². The van der Waals surface area contributed by atoms with Gasteiger partial charge in [-0.15, -0.1) is 11.6 Å². The number of ether oxygens (including phenoxy) is 1. The van der Waals surface area contributed by atoms with Crippen LogP contribution in [0, 0.1) is 17.7 Å². The third-order valence-corrected chi connectivity index (χ3v) is 1.90. The molecule has 0 N–H and O–H groups in total. The average molecular weight is 245 g/mol. The van der Waals surface area contributed by atoms with Crippen LogP contribution in [0.1, 0.15) is 12.0 Å². The highest BCUT2D eigenvalue weighted by atomic mass is 35.5. The molecule has 0 fully saturated rings. The summed E-state index contributed by atoms with van der Waals surface area (Å²) in [4.78, 5) is 0. The van der Waals surface area contributed by atoms with E-state index in [0.717, 1.165) is 0 Å². The van der Waals surface area contributed by atoms with Crippen molar-refractivity contribution in [3.05, 3.63) is 29.6 Å². The van der Waals surface area contributed by atoms with E-state index in [4.69, 9.17) is 16.3 Å². The van der Waals surface area contributed by atoms with Gasteiger partial charge in [0.1, 0.15) is 11.6 Å². The highest BCUT2D eigenvalue weighted by Crippen LogP contribution is 2.19. The van der Waals surface area contributed by atoms with E-state index in [1.165, 1.54) is 18.2 Å². The van der Waals surface area contributed by atoms with Crippen LogP contribution >= 0.6 is 11.6 Å². The first-order chi connectivity index (χ1) is 7.77. The Morgan fingerprint density at radius 3 is 2.88 bits per heavy atom. The van der Waals surface area contributed by atoms with Gasteiger partial charge >= 0.3 is 0 Å². The lowest BCUT2D eigenvalue weighted by Gasteiger charge is -2.07. The monoisotopic (exact) mass is 244 g/mol. The van der Waals surface area contributed by atoms with E-state index in [2.05, 4.69) is 11.8 Å². The zero-order valence-corrected chi connectivity index (χ0v) is 9.36. The van der Waals surface area contributed by atoms with Gasteiger partial charge < -0.3 is 4.74 Å². The molecule has 0 aliphatic carbocycles. The zero-order valence-electron chi connectivity index (χ0n) is 8.60. The van der Waals surface area contributed by atoms with E-state index in [1.807, 2.05) is 0 Å². The summed E-state index contributed by atoms with van der Waals surface area (Å²) >= 11 is 5.42. The number of rotatable bonds is 4. The number of hydrogen-bond donors (Lipinski definition) is 0. The number of halogens is 3. The molecule has 0 amide bonds. The summed E-state index contributed by atoms with van der Waals surface area (Å²) in [6.07, 6.45) is 0.277. The van der Waals surface area contributed by atoms with Crippen molar-refractivity contribution in [2.75, 3.05) is 19.2 Å². The molecular formula is C12H11ClF2O. The summed E-state index contributed by atoms with van der Waals surface area (Å²) in [6.45, 7) is -0.256. The summed E-state index contributed by atoms with van der Waals surface area (Å²) < 4.78 is 30.1. The fourth-order valence-electron chi connectivity index (χ4n) is 1.08. The molecule has 1 nitrogen and oxygen atoms in total. The van der Waals surface area contributed by atoms with E-state index >= 15 is 0 Å². The van der Waals surface area contributed by atoms with E-state index < -0.39 is 12.5 Å². The van der Waals surface area contributed by atoms with Crippen LogP contribution in [0.3, 0.4) is 0 Å². The molecule has 0 heterocycles. The van der Waals surface area contributed by atoms with Gasteiger partial charge in [-0.1, -0.05) is 11.8 Å². The molecule has 0 radical (unpaired) electrons. The second-order valence-corrected chi connectivity index (χ2v) is 3.23. The van der Waals surface area contributed by atoms with Crippen molar-refractivity contribution in [2.45, 2.75) is 6.42 Å². The molecule has 1 aromatic carbocycles. The average Bonchev–Trinajstić information content (AvgIpc) is 2.28. The largest absolute Gasteiger partial charge is 0.492 e. The fraction of sp³-hybridized carbons (Fsp3) is 0.333. The maximum atomic E-state index is 13.0. The predicted molar refractivity (Wildman–Crippen MR) is 60.1 cm³/mol. The van der Waals surface area contributed by atoms with Gasteiger partial charge in [0.25, 0.3) is 0 Å². The molecule has 0 aliphatic heterocycles. The SMILES string of the molecule is FCCCOc1cc(F)ccc1C#CCCl. The molecule has 16 heavy (non-hydrogen) atoms. The van der Waals surface area contributed by atoms with Gasteiger partial charge in [0.15, 0.2) is 0 Å². The summed E-state index contributed by atoms with van der Waals surface area (Å²) in [5, 5.41) is 0. The highest BCUT2D eigenvalue weighted by Gasteiger charge is 2.03. The molecule has 0 aromatic heterocycles. The first-order valence-electron chi connectivity index (χ1n) is 4.81. The minimum atomic E-state index is -0.460. The molecule has 1 aromatic rings. The molecule has 86 valence electrons. The molecule has 0 bridgehead atoms. The van der Waals surface area contributed by atoms with E-state index in [0.29, 0.717) is 11.3 Å². The van der Waals surface area contributed by atoms with Crippen molar-refractivity contribution >= 4 is 11.6 Å². The predicted octanol–water partition coefficient (Wildman–Crippen LogP) is 3.15. The Labute approximate surface area is 98.4 Å². The molecule has 0 spiro atoms. The minimum Gasteiger partial charge on any atom is -0.492 e. The van der Waals surface area contributed by atoms with Gasteiger partial charge in [-0.05, 0) is 12.1 Å². The lowest BCUT2D eigenvalue weighted by molar-refractivity contribution is 0.288. The van der Waals surface area contributed by atoms with Gasteiger partial charge in [-0.3, -0.25) is 4.39 Å². The number of alkyl halides is 2. The fourth-order valence-corrected chi connectivity index (χ4v) is 1.15. The topological polar surface area (TPSA) is 9.23 Å². The Bertz CT molecular complexity index is 396. The smallest absolute Gasteiger partial charge is 0.137 e. The summed E-state index contributed by atoms with van der Waals surface area (Å²) in [6, 6.07) is 4.04. The molecule has 1 rings (SSSR count). The molecule has 0 unspecified atom stereocenters. The third kappa shape index (κ3) is 4.08. The molecule has 4 heteroatoms. The van der Waals surface area contributed by atoms with Crippen LogP contribution in [0.2, 0.25) is 0 Å². The molecule has 0 atom stereocenters. The van der Waals surface area contributed by atoms with Crippen LogP contribution in [0.5, 0.6) is 5.75 Å². The van der Waals surface area contributed by atoms with Crippen LogP contribution < -0.4 is 4.74 Å². The first-order valence-corrected chi connectivity index (χ1v) is 5.34. The van der Waals surface area contributed by atoms with Crippen LogP contribution in [-0.4, -0.2) is 19.2 Å². The lowest BCUT2D eigenvalue weighted by Crippen LogP contribution is -2.00. The third-order valence-electron chi connectivity index (χ3n) is 1.77. The maximum Gasteiger partial charge on any atom is 0.137 e. The normalized spacial score (nSPS) is 9.44. The second-order valence-electron chi connectivity index (χ2n) is 2.97. The Morgan fingerprint density at radius 2 is 2.19 bits per heavy atom. The van der Waals surface area contributed by atoms with Gasteiger partial charge in [0, 0.05) is 12.5 Å². The van der Waals surface area contributed by atoms with Gasteiger partial charge in [-0.25, -0.2) is 4.39 Å². The van der Waals surface area contributed by atoms with Gasteiger partial charge in [-0.2, -0.15) is 0 Å². The van der Waals surface area contributed by atoms with Crippen molar-refractivity contribution in [3.8, 4) is 17.6 Å². The van der Waals surface area contributed by atoms with E-state index in [9.17, 15) is 8.78 Å². The Kier molecular flexibility index (Phi) is 5.66. The molecule has 0 aliphatic rings. The summed E-state index contributed by atoms with van der Waals surface area (Å²) in [5.74, 6) is 5.51. The van der Waals surface area contributed by atoms with Crippen LogP contribution in [0.15, 0.2) is 18.2 Å². The zero-order chi connectivity index (χ0) is 11.8. The van der Waals surface area contributed by atoms with Gasteiger partial charge in [0.2, 0.25) is 0 Å². The van der Waals surface area contributed by atoms with Crippen molar-refractivity contribution in [3.63, 3.8) is 0 Å². The quantitative estimate of drug-likeness (QED) is 0.449. The Hall–Kier alpha value is -1.27. The molecule has 0 saturated carbocycles. The number of hydrogen-bond acceptors (Lipinski definition) is 1. The lowest BCUT2D eigenvalue weighted by atomic mass is 10.2. The first kappa shape index (κ1) is 12.8.